The van der Waals surface area contributed by atoms with Crippen LogP contribution in [0, 0.1) is 5.41 Å². The molecule has 1 nitrogen and oxygen atoms in total. The summed E-state index contributed by atoms with van der Waals surface area (Å²) < 4.78 is 0. The Morgan fingerprint density at radius 1 is 1.71 bits per heavy atom. The SMILES string of the molecule is CC/C=C/C=C=N. The summed E-state index contributed by atoms with van der Waals surface area (Å²) >= 11 is 0. The lowest BCUT2D eigenvalue weighted by Gasteiger charge is -1.67. The zero-order valence-electron chi connectivity index (χ0n) is 4.44. The molecular formula is C6H9N. The quantitative estimate of drug-likeness (QED) is 0.399. The van der Waals surface area contributed by atoms with Crippen molar-refractivity contribution in [1.82, 2.24) is 0 Å². The van der Waals surface area contributed by atoms with E-state index in [1.54, 1.807) is 6.08 Å². The number of rotatable bonds is 2. The van der Waals surface area contributed by atoms with Crippen molar-refractivity contribution >= 4 is 5.87 Å². The van der Waals surface area contributed by atoms with Crippen molar-refractivity contribution in [2.24, 2.45) is 0 Å². The predicted molar refractivity (Wildman–Crippen MR) is 31.7 cm³/mol. The van der Waals surface area contributed by atoms with E-state index in [1.165, 1.54) is 0 Å². The van der Waals surface area contributed by atoms with E-state index in [2.05, 4.69) is 5.87 Å². The third-order valence-corrected chi connectivity index (χ3v) is 0.551. The number of hydrogen-bond donors (Lipinski definition) is 1. The van der Waals surface area contributed by atoms with Gasteiger partial charge in [0.05, 0.1) is 0 Å². The third kappa shape index (κ3) is 5.19. The topological polar surface area (TPSA) is 23.9 Å². The minimum atomic E-state index is 1.03. The molecule has 0 bridgehead atoms. The highest BCUT2D eigenvalue weighted by Crippen LogP contribution is 1.76. The largest absolute Gasteiger partial charge is 0.259 e. The summed E-state index contributed by atoms with van der Waals surface area (Å²) in [7, 11) is 0. The Morgan fingerprint density at radius 3 is 2.86 bits per heavy atom. The Labute approximate surface area is 43.9 Å². The maximum Gasteiger partial charge on any atom is -0.00134 e. The molecule has 0 heterocycles. The summed E-state index contributed by atoms with van der Waals surface area (Å²) in [5.74, 6) is 2.14. The lowest BCUT2D eigenvalue weighted by atomic mass is 10.4. The van der Waals surface area contributed by atoms with Crippen LogP contribution in [-0.4, -0.2) is 5.87 Å². The Kier molecular flexibility index (Phi) is 4.59. The number of hydrogen-bond acceptors (Lipinski definition) is 1. The molecule has 0 aromatic carbocycles. The maximum absolute atomic E-state index is 6.42. The molecule has 0 atom stereocenters. The number of allylic oxidation sites excluding steroid dienone is 3. The van der Waals surface area contributed by atoms with Gasteiger partial charge in [-0.05, 0) is 18.4 Å². The molecule has 0 spiro atoms. The van der Waals surface area contributed by atoms with Crippen molar-refractivity contribution in [3.63, 3.8) is 0 Å². The summed E-state index contributed by atoms with van der Waals surface area (Å²) in [6, 6.07) is 0. The van der Waals surface area contributed by atoms with Crippen LogP contribution in [0.1, 0.15) is 13.3 Å². The molecule has 0 amide bonds. The molecule has 0 aliphatic heterocycles. The monoisotopic (exact) mass is 95.1 g/mol. The van der Waals surface area contributed by atoms with Crippen LogP contribution < -0.4 is 0 Å². The van der Waals surface area contributed by atoms with E-state index in [4.69, 9.17) is 5.41 Å². The van der Waals surface area contributed by atoms with E-state index in [1.807, 2.05) is 19.1 Å². The van der Waals surface area contributed by atoms with E-state index in [0.717, 1.165) is 6.42 Å². The zero-order chi connectivity index (χ0) is 5.54. The molecule has 7 heavy (non-hydrogen) atoms. The molecule has 0 aromatic rings. The molecule has 1 heteroatoms. The van der Waals surface area contributed by atoms with E-state index < -0.39 is 0 Å². The molecular weight excluding hydrogens is 86.1 g/mol. The molecule has 0 radical (unpaired) electrons. The van der Waals surface area contributed by atoms with Gasteiger partial charge >= 0.3 is 0 Å². The fraction of sp³-hybridized carbons (Fsp3) is 0.333. The number of nitrogens with one attached hydrogen (secondary N) is 1. The van der Waals surface area contributed by atoms with Gasteiger partial charge < -0.3 is 0 Å². The van der Waals surface area contributed by atoms with Gasteiger partial charge in [0, 0.05) is 0 Å². The Morgan fingerprint density at radius 2 is 2.43 bits per heavy atom. The molecule has 0 saturated carbocycles. The molecule has 0 aliphatic rings. The highest BCUT2D eigenvalue weighted by atomic mass is 14.3. The second-order valence-electron chi connectivity index (χ2n) is 1.15. The zero-order valence-corrected chi connectivity index (χ0v) is 4.44. The fourth-order valence-electron chi connectivity index (χ4n) is 0.252. The van der Waals surface area contributed by atoms with Gasteiger partial charge in [0.15, 0.2) is 0 Å². The molecule has 0 saturated heterocycles. The summed E-state index contributed by atoms with van der Waals surface area (Å²) in [5, 5.41) is 6.42. The van der Waals surface area contributed by atoms with Gasteiger partial charge in [-0.1, -0.05) is 19.1 Å². The van der Waals surface area contributed by atoms with Crippen LogP contribution in [0.5, 0.6) is 0 Å². The van der Waals surface area contributed by atoms with E-state index >= 15 is 0 Å². The van der Waals surface area contributed by atoms with Gasteiger partial charge in [-0.3, -0.25) is 5.41 Å². The Balaban J connectivity index is 3.27. The standard InChI is InChI=1S/C6H9N/c1-2-3-4-5-6-7/h3-5,7H,2H2,1H3/b4-3+. The summed E-state index contributed by atoms with van der Waals surface area (Å²) in [6.45, 7) is 2.05. The lowest BCUT2D eigenvalue weighted by Crippen LogP contribution is -1.49. The summed E-state index contributed by atoms with van der Waals surface area (Å²) in [6.07, 6.45) is 6.39. The Bertz CT molecular complexity index is 96.7. The highest BCUT2D eigenvalue weighted by molar-refractivity contribution is 5.50. The molecule has 1 N–H and O–H groups in total. The van der Waals surface area contributed by atoms with Crippen LogP contribution in [-0.2, 0) is 0 Å². The first kappa shape index (κ1) is 6.19. The second kappa shape index (κ2) is 5.19. The normalized spacial score (nSPS) is 8.71. The minimum absolute atomic E-state index is 1.03. The van der Waals surface area contributed by atoms with Crippen molar-refractivity contribution in [1.29, 1.82) is 5.41 Å². The smallest absolute Gasteiger partial charge is 0.00134 e. The van der Waals surface area contributed by atoms with Gasteiger partial charge in [-0.2, -0.15) is 0 Å². The lowest BCUT2D eigenvalue weighted by molar-refractivity contribution is 1.22. The molecule has 0 aliphatic carbocycles. The average Bonchev–Trinajstić information content (AvgIpc) is 1.69. The van der Waals surface area contributed by atoms with Gasteiger partial charge in [0.2, 0.25) is 0 Å². The highest BCUT2D eigenvalue weighted by Gasteiger charge is 1.57. The van der Waals surface area contributed by atoms with Crippen LogP contribution in [0.25, 0.3) is 0 Å². The first-order valence-corrected chi connectivity index (χ1v) is 2.32. The molecule has 0 fully saturated rings. The van der Waals surface area contributed by atoms with Crippen molar-refractivity contribution < 1.29 is 0 Å². The van der Waals surface area contributed by atoms with Gasteiger partial charge in [0.25, 0.3) is 0 Å². The summed E-state index contributed by atoms with van der Waals surface area (Å²) in [4.78, 5) is 0. The van der Waals surface area contributed by atoms with Gasteiger partial charge in [-0.15, -0.1) is 0 Å². The molecule has 38 valence electrons. The van der Waals surface area contributed by atoms with E-state index in [-0.39, 0.29) is 0 Å². The Hall–Kier alpha value is -0.810. The first-order chi connectivity index (χ1) is 3.41. The predicted octanol–water partition coefficient (Wildman–Crippen LogP) is 1.76. The summed E-state index contributed by atoms with van der Waals surface area (Å²) in [5.41, 5.74) is 0. The van der Waals surface area contributed by atoms with Crippen LogP contribution in [0.2, 0.25) is 0 Å². The second-order valence-corrected chi connectivity index (χ2v) is 1.15. The fourth-order valence-corrected chi connectivity index (χ4v) is 0.252. The average molecular weight is 95.1 g/mol. The molecule has 0 unspecified atom stereocenters. The van der Waals surface area contributed by atoms with Crippen molar-refractivity contribution in [2.45, 2.75) is 13.3 Å². The van der Waals surface area contributed by atoms with Crippen molar-refractivity contribution in [2.75, 3.05) is 0 Å². The van der Waals surface area contributed by atoms with E-state index in [9.17, 15) is 0 Å². The van der Waals surface area contributed by atoms with Crippen LogP contribution in [0.15, 0.2) is 18.2 Å². The van der Waals surface area contributed by atoms with Crippen molar-refractivity contribution in [3.8, 4) is 0 Å². The van der Waals surface area contributed by atoms with Crippen LogP contribution >= 0.6 is 0 Å². The van der Waals surface area contributed by atoms with E-state index in [0.29, 0.717) is 0 Å². The van der Waals surface area contributed by atoms with Gasteiger partial charge in [0.1, 0.15) is 0 Å². The molecule has 0 aromatic heterocycles. The third-order valence-electron chi connectivity index (χ3n) is 0.551. The van der Waals surface area contributed by atoms with Crippen LogP contribution in [0.4, 0.5) is 0 Å². The van der Waals surface area contributed by atoms with Gasteiger partial charge in [-0.25, -0.2) is 0 Å². The van der Waals surface area contributed by atoms with Crippen LogP contribution in [0.3, 0.4) is 0 Å². The first-order valence-electron chi connectivity index (χ1n) is 2.32. The maximum atomic E-state index is 6.42. The molecule has 0 rings (SSSR count). The van der Waals surface area contributed by atoms with Crippen molar-refractivity contribution in [3.05, 3.63) is 18.2 Å². The minimum Gasteiger partial charge on any atom is -0.259 e.